The minimum absolute atomic E-state index is 0.0197. The van der Waals surface area contributed by atoms with Gasteiger partial charge in [0.2, 0.25) is 0 Å². The zero-order chi connectivity index (χ0) is 18.4. The van der Waals surface area contributed by atoms with Gasteiger partial charge in [0, 0.05) is 18.9 Å². The molecule has 1 amide bonds. The number of amides is 1. The summed E-state index contributed by atoms with van der Waals surface area (Å²) < 4.78 is 13.2. The van der Waals surface area contributed by atoms with Crippen LogP contribution in [-0.4, -0.2) is 40.0 Å². The number of carbonyl (C=O) groups is 1. The topological polar surface area (TPSA) is 56.1 Å². The van der Waals surface area contributed by atoms with Gasteiger partial charge in [0.1, 0.15) is 24.6 Å². The van der Waals surface area contributed by atoms with Crippen LogP contribution >= 0.6 is 0 Å². The highest BCUT2D eigenvalue weighted by molar-refractivity contribution is 5.93. The van der Waals surface area contributed by atoms with Gasteiger partial charge in [0.05, 0.1) is 6.04 Å². The van der Waals surface area contributed by atoms with E-state index < -0.39 is 0 Å². The Morgan fingerprint density at radius 1 is 1.15 bits per heavy atom. The fraction of sp³-hybridized carbons (Fsp3) is 0.333. The molecule has 6 nitrogen and oxygen atoms in total. The second-order valence-corrected chi connectivity index (χ2v) is 7.16. The molecule has 0 radical (unpaired) electrons. The largest absolute Gasteiger partial charge is 0.486 e. The number of carbonyl (C=O) groups excluding carboxylic acids is 1. The number of nitrogens with zero attached hydrogens (tertiary/aromatic N) is 3. The van der Waals surface area contributed by atoms with E-state index in [9.17, 15) is 4.79 Å². The van der Waals surface area contributed by atoms with Crippen LogP contribution in [0.5, 0.6) is 11.5 Å². The molecule has 27 heavy (non-hydrogen) atoms. The normalized spacial score (nSPS) is 18.9. The van der Waals surface area contributed by atoms with E-state index in [4.69, 9.17) is 9.47 Å². The van der Waals surface area contributed by atoms with E-state index in [1.807, 2.05) is 58.9 Å². The van der Waals surface area contributed by atoms with Crippen molar-refractivity contribution in [2.75, 3.05) is 19.8 Å². The van der Waals surface area contributed by atoms with Gasteiger partial charge in [-0.15, -0.1) is 0 Å². The number of hydrogen-bond donors (Lipinski definition) is 0. The lowest BCUT2D eigenvalue weighted by atomic mass is 10.0. The Morgan fingerprint density at radius 3 is 2.89 bits per heavy atom. The van der Waals surface area contributed by atoms with Crippen LogP contribution in [-0.2, 0) is 0 Å². The van der Waals surface area contributed by atoms with Gasteiger partial charge in [-0.05, 0) is 55.2 Å². The minimum atomic E-state index is -0.0197. The number of aryl methyl sites for hydroxylation is 1. The summed E-state index contributed by atoms with van der Waals surface area (Å²) in [7, 11) is 0. The fourth-order valence-corrected chi connectivity index (χ4v) is 3.96. The molecule has 2 aromatic heterocycles. The lowest BCUT2D eigenvalue weighted by Gasteiger charge is -2.26. The summed E-state index contributed by atoms with van der Waals surface area (Å²) in [5, 5.41) is 0. The van der Waals surface area contributed by atoms with Crippen molar-refractivity contribution >= 4 is 11.6 Å². The summed E-state index contributed by atoms with van der Waals surface area (Å²) in [5.74, 6) is 1.52. The van der Waals surface area contributed by atoms with Crippen molar-refractivity contribution in [1.29, 1.82) is 0 Å². The minimum Gasteiger partial charge on any atom is -0.486 e. The molecule has 1 saturated heterocycles. The van der Waals surface area contributed by atoms with Crippen LogP contribution in [0.4, 0.5) is 0 Å². The Hall–Kier alpha value is -3.02. The predicted octanol–water partition coefficient (Wildman–Crippen LogP) is 3.39. The standard InChI is InChI=1S/C21H21N3O3/c1-14-6-8-23-13-16(22-20(23)11-14)21(25)24-7-2-3-17(24)15-4-5-18-19(12-15)27-10-9-26-18/h4-6,8,11-13,17H,2-3,7,9-10H2,1H3/t17-/m1/s1. The third kappa shape index (κ3) is 2.81. The van der Waals surface area contributed by atoms with Gasteiger partial charge in [0.25, 0.3) is 5.91 Å². The van der Waals surface area contributed by atoms with Crippen LogP contribution < -0.4 is 9.47 Å². The van der Waals surface area contributed by atoms with E-state index in [0.717, 1.165) is 47.7 Å². The molecule has 0 saturated carbocycles. The van der Waals surface area contributed by atoms with Gasteiger partial charge in [-0.3, -0.25) is 4.79 Å². The van der Waals surface area contributed by atoms with Crippen molar-refractivity contribution in [2.45, 2.75) is 25.8 Å². The number of pyridine rings is 1. The van der Waals surface area contributed by atoms with Crippen LogP contribution in [0.15, 0.2) is 42.7 Å². The quantitative estimate of drug-likeness (QED) is 0.700. The number of aromatic nitrogens is 2. The molecule has 3 aromatic rings. The first kappa shape index (κ1) is 16.2. The van der Waals surface area contributed by atoms with E-state index in [2.05, 4.69) is 4.98 Å². The number of fused-ring (bicyclic) bond motifs is 2. The summed E-state index contributed by atoms with van der Waals surface area (Å²) in [6, 6.07) is 10.0. The molecule has 2 aliphatic heterocycles. The molecule has 138 valence electrons. The van der Waals surface area contributed by atoms with Crippen LogP contribution in [0, 0.1) is 6.92 Å². The molecule has 1 fully saturated rings. The molecular formula is C21H21N3O3. The lowest BCUT2D eigenvalue weighted by Crippen LogP contribution is -2.31. The summed E-state index contributed by atoms with van der Waals surface area (Å²) >= 11 is 0. The highest BCUT2D eigenvalue weighted by Gasteiger charge is 2.32. The fourth-order valence-electron chi connectivity index (χ4n) is 3.96. The molecule has 1 atom stereocenters. The summed E-state index contributed by atoms with van der Waals surface area (Å²) in [6.45, 7) is 3.90. The molecule has 0 bridgehead atoms. The van der Waals surface area contributed by atoms with E-state index >= 15 is 0 Å². The zero-order valence-electron chi connectivity index (χ0n) is 15.2. The van der Waals surface area contributed by atoms with Gasteiger partial charge in [-0.25, -0.2) is 4.98 Å². The third-order valence-electron chi connectivity index (χ3n) is 5.30. The van der Waals surface area contributed by atoms with Crippen molar-refractivity contribution in [2.24, 2.45) is 0 Å². The maximum Gasteiger partial charge on any atom is 0.274 e. The first-order chi connectivity index (χ1) is 13.2. The second-order valence-electron chi connectivity index (χ2n) is 7.16. The van der Waals surface area contributed by atoms with E-state index in [-0.39, 0.29) is 11.9 Å². The molecule has 4 heterocycles. The van der Waals surface area contributed by atoms with Gasteiger partial charge < -0.3 is 18.8 Å². The molecule has 0 N–H and O–H groups in total. The first-order valence-corrected chi connectivity index (χ1v) is 9.35. The second kappa shape index (κ2) is 6.30. The SMILES string of the molecule is Cc1ccn2cc(C(=O)N3CCC[C@@H]3c3ccc4c(c3)OCCO4)nc2c1. The Balaban J connectivity index is 1.45. The molecule has 0 unspecified atom stereocenters. The van der Waals surface area contributed by atoms with Crippen LogP contribution in [0.3, 0.4) is 0 Å². The lowest BCUT2D eigenvalue weighted by molar-refractivity contribution is 0.0730. The molecule has 0 aliphatic carbocycles. The number of imidazole rings is 1. The number of benzene rings is 1. The molecule has 5 rings (SSSR count). The maximum atomic E-state index is 13.2. The van der Waals surface area contributed by atoms with Crippen LogP contribution in [0.25, 0.3) is 5.65 Å². The number of hydrogen-bond acceptors (Lipinski definition) is 4. The highest BCUT2D eigenvalue weighted by atomic mass is 16.6. The van der Waals surface area contributed by atoms with E-state index in [0.29, 0.717) is 18.9 Å². The molecular weight excluding hydrogens is 342 g/mol. The Labute approximate surface area is 157 Å². The van der Waals surface area contributed by atoms with Crippen LogP contribution in [0.2, 0.25) is 0 Å². The average molecular weight is 363 g/mol. The van der Waals surface area contributed by atoms with Gasteiger partial charge >= 0.3 is 0 Å². The maximum absolute atomic E-state index is 13.2. The van der Waals surface area contributed by atoms with Crippen molar-refractivity contribution < 1.29 is 14.3 Å². The number of likely N-dealkylation sites (tertiary alicyclic amines) is 1. The molecule has 0 spiro atoms. The molecule has 1 aromatic carbocycles. The van der Waals surface area contributed by atoms with E-state index in [1.54, 1.807) is 0 Å². The van der Waals surface area contributed by atoms with Crippen molar-refractivity contribution in [3.05, 3.63) is 59.5 Å². The summed E-state index contributed by atoms with van der Waals surface area (Å²) in [6.07, 6.45) is 5.68. The van der Waals surface area contributed by atoms with Crippen molar-refractivity contribution in [3.8, 4) is 11.5 Å². The molecule has 2 aliphatic rings. The van der Waals surface area contributed by atoms with Crippen LogP contribution in [0.1, 0.15) is 40.5 Å². The van der Waals surface area contributed by atoms with Gasteiger partial charge in [-0.1, -0.05) is 6.07 Å². The average Bonchev–Trinajstić information content (AvgIpc) is 3.33. The molecule has 6 heteroatoms. The van der Waals surface area contributed by atoms with Crippen molar-refractivity contribution in [1.82, 2.24) is 14.3 Å². The third-order valence-corrected chi connectivity index (χ3v) is 5.30. The zero-order valence-corrected chi connectivity index (χ0v) is 15.2. The van der Waals surface area contributed by atoms with Gasteiger partial charge in [-0.2, -0.15) is 0 Å². The monoisotopic (exact) mass is 363 g/mol. The van der Waals surface area contributed by atoms with E-state index in [1.165, 1.54) is 0 Å². The summed E-state index contributed by atoms with van der Waals surface area (Å²) in [4.78, 5) is 19.6. The number of rotatable bonds is 2. The first-order valence-electron chi connectivity index (χ1n) is 9.35. The number of ether oxygens (including phenoxy) is 2. The van der Waals surface area contributed by atoms with Gasteiger partial charge in [0.15, 0.2) is 11.5 Å². The highest BCUT2D eigenvalue weighted by Crippen LogP contribution is 2.38. The predicted molar refractivity (Wildman–Crippen MR) is 100 cm³/mol. The Morgan fingerprint density at radius 2 is 2.00 bits per heavy atom. The Bertz CT molecular complexity index is 1030. The summed E-state index contributed by atoms with van der Waals surface area (Å²) in [5.41, 5.74) is 3.51. The van der Waals surface area contributed by atoms with Crippen molar-refractivity contribution in [3.63, 3.8) is 0 Å². The Kier molecular flexibility index (Phi) is 3.77. The smallest absolute Gasteiger partial charge is 0.274 e.